The van der Waals surface area contributed by atoms with Gasteiger partial charge in [0.2, 0.25) is 5.91 Å². The van der Waals surface area contributed by atoms with Gasteiger partial charge in [0.25, 0.3) is 0 Å². The van der Waals surface area contributed by atoms with Gasteiger partial charge in [0.15, 0.2) is 0 Å². The molecule has 1 aromatic carbocycles. The molecule has 16 heavy (non-hydrogen) atoms. The van der Waals surface area contributed by atoms with Gasteiger partial charge in [-0.1, -0.05) is 27.2 Å². The van der Waals surface area contributed by atoms with Gasteiger partial charge in [-0.2, -0.15) is 0 Å². The van der Waals surface area contributed by atoms with Gasteiger partial charge in [-0.15, -0.1) is 0 Å². The monoisotopic (exact) mass is 280 g/mol. The number of anilines is 1. The Labute approximate surface area is 101 Å². The van der Waals surface area contributed by atoms with Crippen molar-refractivity contribution in [3.63, 3.8) is 0 Å². The molecule has 0 bridgehead atoms. The van der Waals surface area contributed by atoms with Crippen molar-refractivity contribution in [3.05, 3.63) is 46.8 Å². The summed E-state index contributed by atoms with van der Waals surface area (Å²) < 4.78 is 5.57. The highest BCUT2D eigenvalue weighted by atomic mass is 79.9. The van der Waals surface area contributed by atoms with Crippen molar-refractivity contribution < 1.29 is 9.32 Å². The minimum Gasteiger partial charge on any atom is -0.364 e. The number of nitrogens with one attached hydrogen (secondary N) is 1. The average Bonchev–Trinajstić information content (AvgIpc) is 2.70. The average molecular weight is 281 g/mol. The van der Waals surface area contributed by atoms with Crippen molar-refractivity contribution in [1.29, 1.82) is 0 Å². The lowest BCUT2D eigenvalue weighted by Crippen LogP contribution is -2.14. The molecular formula is C11H9BrN2O2. The van der Waals surface area contributed by atoms with E-state index in [0.29, 0.717) is 5.69 Å². The normalized spacial score (nSPS) is 10.1. The van der Waals surface area contributed by atoms with Gasteiger partial charge in [-0.25, -0.2) is 0 Å². The van der Waals surface area contributed by atoms with Crippen LogP contribution in [0.4, 0.5) is 5.69 Å². The fraction of sp³-hybridized carbons (Fsp3) is 0.0909. The second-order valence-electron chi connectivity index (χ2n) is 3.23. The third-order valence-corrected chi connectivity index (χ3v) is 2.43. The molecule has 2 aromatic rings. The summed E-state index contributed by atoms with van der Waals surface area (Å²) in [6.45, 7) is 0. The van der Waals surface area contributed by atoms with Crippen LogP contribution in [0.5, 0.6) is 0 Å². The van der Waals surface area contributed by atoms with Gasteiger partial charge in [0, 0.05) is 16.2 Å². The molecule has 1 amide bonds. The van der Waals surface area contributed by atoms with E-state index in [-0.39, 0.29) is 12.3 Å². The molecule has 2 rings (SSSR count). The molecule has 1 heterocycles. The second kappa shape index (κ2) is 4.94. The van der Waals surface area contributed by atoms with Crippen LogP contribution >= 0.6 is 15.9 Å². The number of hydrogen-bond donors (Lipinski definition) is 1. The molecule has 0 radical (unpaired) electrons. The minimum atomic E-state index is -0.119. The standard InChI is InChI=1S/C11H9BrN2O2/c12-8-2-1-3-9(6-8)13-11(15)7-10-4-5-16-14-10/h1-6H,7H2,(H,13,15). The molecule has 0 saturated carbocycles. The molecule has 1 aromatic heterocycles. The van der Waals surface area contributed by atoms with Crippen LogP contribution < -0.4 is 5.32 Å². The Bertz CT molecular complexity index is 482. The SMILES string of the molecule is O=C(Cc1ccon1)Nc1cccc(Br)c1. The molecule has 0 saturated heterocycles. The fourth-order valence-corrected chi connectivity index (χ4v) is 1.66. The number of carbonyl (C=O) groups excluding carboxylic acids is 1. The zero-order valence-electron chi connectivity index (χ0n) is 8.31. The topological polar surface area (TPSA) is 55.1 Å². The number of nitrogens with zero attached hydrogens (tertiary/aromatic N) is 1. The quantitative estimate of drug-likeness (QED) is 0.940. The Hall–Kier alpha value is -1.62. The van der Waals surface area contributed by atoms with E-state index in [1.165, 1.54) is 6.26 Å². The van der Waals surface area contributed by atoms with E-state index in [2.05, 4.69) is 30.9 Å². The molecular weight excluding hydrogens is 272 g/mol. The van der Waals surface area contributed by atoms with Gasteiger partial charge >= 0.3 is 0 Å². The van der Waals surface area contributed by atoms with Gasteiger partial charge in [-0.3, -0.25) is 4.79 Å². The minimum absolute atomic E-state index is 0.119. The van der Waals surface area contributed by atoms with Crippen LogP contribution in [-0.2, 0) is 11.2 Å². The van der Waals surface area contributed by atoms with Crippen LogP contribution in [-0.4, -0.2) is 11.1 Å². The van der Waals surface area contributed by atoms with Crippen molar-refractivity contribution in [2.24, 2.45) is 0 Å². The molecule has 5 heteroatoms. The summed E-state index contributed by atoms with van der Waals surface area (Å²) in [5, 5.41) is 6.44. The summed E-state index contributed by atoms with van der Waals surface area (Å²) in [6, 6.07) is 9.08. The molecule has 0 atom stereocenters. The fourth-order valence-electron chi connectivity index (χ4n) is 1.26. The molecule has 0 fully saturated rings. The lowest BCUT2D eigenvalue weighted by atomic mass is 10.2. The predicted octanol–water partition coefficient (Wildman–Crippen LogP) is 2.62. The molecule has 0 aliphatic carbocycles. The number of amides is 1. The number of hydrogen-bond acceptors (Lipinski definition) is 3. The van der Waals surface area contributed by atoms with E-state index < -0.39 is 0 Å². The first kappa shape index (κ1) is 10.9. The van der Waals surface area contributed by atoms with Gasteiger partial charge in [-0.05, 0) is 18.2 Å². The van der Waals surface area contributed by atoms with E-state index >= 15 is 0 Å². The van der Waals surface area contributed by atoms with Crippen LogP contribution in [0.3, 0.4) is 0 Å². The first-order valence-electron chi connectivity index (χ1n) is 4.69. The highest BCUT2D eigenvalue weighted by Crippen LogP contribution is 2.15. The van der Waals surface area contributed by atoms with E-state index in [9.17, 15) is 4.79 Å². The van der Waals surface area contributed by atoms with Crippen LogP contribution in [0.25, 0.3) is 0 Å². The maximum absolute atomic E-state index is 11.6. The zero-order valence-corrected chi connectivity index (χ0v) is 9.90. The lowest BCUT2D eigenvalue weighted by Gasteiger charge is -2.03. The van der Waals surface area contributed by atoms with Crippen molar-refractivity contribution in [2.75, 3.05) is 5.32 Å². The number of benzene rings is 1. The van der Waals surface area contributed by atoms with Crippen molar-refractivity contribution in [2.45, 2.75) is 6.42 Å². The second-order valence-corrected chi connectivity index (χ2v) is 4.14. The molecule has 0 spiro atoms. The highest BCUT2D eigenvalue weighted by Gasteiger charge is 2.06. The first-order chi connectivity index (χ1) is 7.74. The predicted molar refractivity (Wildman–Crippen MR) is 63.0 cm³/mol. The number of rotatable bonds is 3. The zero-order chi connectivity index (χ0) is 11.4. The Morgan fingerprint density at radius 2 is 2.31 bits per heavy atom. The summed E-state index contributed by atoms with van der Waals surface area (Å²) in [5.41, 5.74) is 1.37. The smallest absolute Gasteiger partial charge is 0.230 e. The van der Waals surface area contributed by atoms with E-state index in [1.54, 1.807) is 6.07 Å². The summed E-state index contributed by atoms with van der Waals surface area (Å²) in [5.74, 6) is -0.119. The Morgan fingerprint density at radius 1 is 1.44 bits per heavy atom. The molecule has 0 unspecified atom stereocenters. The van der Waals surface area contributed by atoms with Gasteiger partial charge in [0.05, 0.1) is 12.1 Å². The summed E-state index contributed by atoms with van der Waals surface area (Å²) in [4.78, 5) is 11.6. The van der Waals surface area contributed by atoms with Crippen molar-refractivity contribution in [3.8, 4) is 0 Å². The van der Waals surface area contributed by atoms with Crippen LogP contribution in [0.1, 0.15) is 5.69 Å². The summed E-state index contributed by atoms with van der Waals surface area (Å²) in [6.07, 6.45) is 1.66. The van der Waals surface area contributed by atoms with Crippen LogP contribution in [0.15, 0.2) is 45.6 Å². The van der Waals surface area contributed by atoms with Gasteiger partial charge in [0.1, 0.15) is 6.26 Å². The third-order valence-electron chi connectivity index (χ3n) is 1.94. The molecule has 0 aliphatic rings. The first-order valence-corrected chi connectivity index (χ1v) is 5.48. The molecule has 1 N–H and O–H groups in total. The Morgan fingerprint density at radius 3 is 3.00 bits per heavy atom. The van der Waals surface area contributed by atoms with Crippen molar-refractivity contribution >= 4 is 27.5 Å². The van der Waals surface area contributed by atoms with Crippen molar-refractivity contribution in [1.82, 2.24) is 5.16 Å². The number of carbonyl (C=O) groups is 1. The van der Waals surface area contributed by atoms with E-state index in [0.717, 1.165) is 10.2 Å². The molecule has 82 valence electrons. The number of halogens is 1. The molecule has 0 aliphatic heterocycles. The molecule has 4 nitrogen and oxygen atoms in total. The van der Waals surface area contributed by atoms with Gasteiger partial charge < -0.3 is 9.84 Å². The van der Waals surface area contributed by atoms with E-state index in [4.69, 9.17) is 0 Å². The number of aromatic nitrogens is 1. The Balaban J connectivity index is 1.97. The lowest BCUT2D eigenvalue weighted by molar-refractivity contribution is -0.115. The Kier molecular flexibility index (Phi) is 3.36. The maximum Gasteiger partial charge on any atom is 0.230 e. The third kappa shape index (κ3) is 2.93. The van der Waals surface area contributed by atoms with Crippen LogP contribution in [0, 0.1) is 0 Å². The largest absolute Gasteiger partial charge is 0.364 e. The summed E-state index contributed by atoms with van der Waals surface area (Å²) >= 11 is 3.33. The highest BCUT2D eigenvalue weighted by molar-refractivity contribution is 9.10. The summed E-state index contributed by atoms with van der Waals surface area (Å²) in [7, 11) is 0. The van der Waals surface area contributed by atoms with E-state index in [1.807, 2.05) is 24.3 Å². The maximum atomic E-state index is 11.6. The van der Waals surface area contributed by atoms with Crippen LogP contribution in [0.2, 0.25) is 0 Å².